The van der Waals surface area contributed by atoms with Crippen LogP contribution in [0.2, 0.25) is 0 Å². The van der Waals surface area contributed by atoms with E-state index in [1.54, 1.807) is 12.1 Å². The first-order valence-electron chi connectivity index (χ1n) is 10.9. The molecule has 34 heavy (non-hydrogen) atoms. The van der Waals surface area contributed by atoms with E-state index >= 15 is 0 Å². The average molecular weight is 475 g/mol. The fourth-order valence-electron chi connectivity index (χ4n) is 4.13. The average Bonchev–Trinajstić information content (AvgIpc) is 2.84. The largest absolute Gasteiger partial charge is 0.507 e. The van der Waals surface area contributed by atoms with Crippen LogP contribution in [-0.2, 0) is 10.1 Å². The molecule has 0 aromatic heterocycles. The highest BCUT2D eigenvalue weighted by atomic mass is 32.2. The molecule has 0 heterocycles. The summed E-state index contributed by atoms with van der Waals surface area (Å²) in [5, 5.41) is 20.8. The van der Waals surface area contributed by atoms with Crippen LogP contribution in [0.25, 0.3) is 11.1 Å². The SMILES string of the molecule is CC(c1ccccc1)c1ccc(C(C)c2ccc(O)c(-c3cc(S(=O)(=O)O)ccc3O)c2)cc1. The highest BCUT2D eigenvalue weighted by Crippen LogP contribution is 2.39. The summed E-state index contributed by atoms with van der Waals surface area (Å²) in [7, 11) is -4.46. The quantitative estimate of drug-likeness (QED) is 0.285. The molecule has 0 aliphatic rings. The minimum absolute atomic E-state index is 0.0210. The van der Waals surface area contributed by atoms with Crippen LogP contribution in [0.1, 0.15) is 47.9 Å². The van der Waals surface area contributed by atoms with Crippen molar-refractivity contribution in [3.05, 3.63) is 113 Å². The number of aromatic hydroxyl groups is 2. The molecule has 3 N–H and O–H groups in total. The van der Waals surface area contributed by atoms with E-state index in [1.807, 2.05) is 25.1 Å². The van der Waals surface area contributed by atoms with Gasteiger partial charge in [0.2, 0.25) is 0 Å². The van der Waals surface area contributed by atoms with E-state index in [2.05, 4.69) is 43.3 Å². The number of rotatable bonds is 6. The Labute approximate surface area is 199 Å². The summed E-state index contributed by atoms with van der Waals surface area (Å²) in [5.41, 5.74) is 4.82. The van der Waals surface area contributed by atoms with Crippen molar-refractivity contribution in [3.63, 3.8) is 0 Å². The van der Waals surface area contributed by atoms with Gasteiger partial charge < -0.3 is 10.2 Å². The lowest BCUT2D eigenvalue weighted by atomic mass is 9.87. The second-order valence-corrected chi connectivity index (χ2v) is 9.87. The molecule has 0 bridgehead atoms. The minimum Gasteiger partial charge on any atom is -0.507 e. The van der Waals surface area contributed by atoms with Gasteiger partial charge in [-0.25, -0.2) is 0 Å². The molecule has 0 saturated carbocycles. The summed E-state index contributed by atoms with van der Waals surface area (Å²) in [5.74, 6) is -0.0613. The Bertz CT molecular complexity index is 1410. The van der Waals surface area contributed by atoms with Crippen molar-refractivity contribution in [2.45, 2.75) is 30.6 Å². The minimum atomic E-state index is -4.46. The monoisotopic (exact) mass is 474 g/mol. The van der Waals surface area contributed by atoms with Gasteiger partial charge in [-0.2, -0.15) is 8.42 Å². The van der Waals surface area contributed by atoms with Crippen LogP contribution in [0, 0.1) is 0 Å². The zero-order chi connectivity index (χ0) is 24.5. The molecule has 0 aliphatic heterocycles. The molecular weight excluding hydrogens is 448 g/mol. The van der Waals surface area contributed by atoms with E-state index in [-0.39, 0.29) is 39.4 Å². The van der Waals surface area contributed by atoms with Gasteiger partial charge in [0.25, 0.3) is 10.1 Å². The van der Waals surface area contributed by atoms with Crippen LogP contribution in [0.5, 0.6) is 11.5 Å². The first-order chi connectivity index (χ1) is 16.1. The van der Waals surface area contributed by atoms with Crippen LogP contribution < -0.4 is 0 Å². The molecule has 0 saturated heterocycles. The fourth-order valence-corrected chi connectivity index (χ4v) is 4.64. The van der Waals surface area contributed by atoms with E-state index in [0.717, 1.165) is 23.3 Å². The topological polar surface area (TPSA) is 94.8 Å². The van der Waals surface area contributed by atoms with Crippen molar-refractivity contribution in [3.8, 4) is 22.6 Å². The molecule has 0 aliphatic carbocycles. The van der Waals surface area contributed by atoms with Gasteiger partial charge in [0.05, 0.1) is 4.90 Å². The van der Waals surface area contributed by atoms with E-state index in [0.29, 0.717) is 0 Å². The van der Waals surface area contributed by atoms with Crippen molar-refractivity contribution < 1.29 is 23.2 Å². The first-order valence-corrected chi connectivity index (χ1v) is 12.4. The van der Waals surface area contributed by atoms with Crippen LogP contribution >= 0.6 is 0 Å². The molecule has 2 unspecified atom stereocenters. The first kappa shape index (κ1) is 23.5. The second kappa shape index (κ2) is 9.33. The summed E-state index contributed by atoms with van der Waals surface area (Å²) in [6.45, 7) is 4.22. The Morgan fingerprint density at radius 3 is 1.59 bits per heavy atom. The molecule has 4 aromatic carbocycles. The third-order valence-corrected chi connectivity index (χ3v) is 7.16. The van der Waals surface area contributed by atoms with Crippen molar-refractivity contribution >= 4 is 10.1 Å². The number of hydrogen-bond acceptors (Lipinski definition) is 4. The lowest BCUT2D eigenvalue weighted by Gasteiger charge is -2.18. The highest BCUT2D eigenvalue weighted by molar-refractivity contribution is 7.85. The van der Waals surface area contributed by atoms with Gasteiger partial charge in [-0.1, -0.05) is 74.5 Å². The predicted octanol–water partition coefficient (Wildman–Crippen LogP) is 6.32. The molecule has 0 fully saturated rings. The highest BCUT2D eigenvalue weighted by Gasteiger charge is 2.18. The molecule has 4 aromatic rings. The normalized spacial score (nSPS) is 13.4. The number of hydrogen-bond donors (Lipinski definition) is 3. The maximum absolute atomic E-state index is 11.6. The molecule has 0 spiro atoms. The number of phenolic OH excluding ortho intramolecular Hbond substituents is 2. The van der Waals surface area contributed by atoms with Gasteiger partial charge in [0.1, 0.15) is 11.5 Å². The van der Waals surface area contributed by atoms with Crippen molar-refractivity contribution in [1.82, 2.24) is 0 Å². The number of benzene rings is 4. The number of phenols is 2. The zero-order valence-corrected chi connectivity index (χ0v) is 19.7. The van der Waals surface area contributed by atoms with Crippen molar-refractivity contribution in [1.29, 1.82) is 0 Å². The second-order valence-electron chi connectivity index (χ2n) is 8.45. The van der Waals surface area contributed by atoms with E-state index in [4.69, 9.17) is 0 Å². The van der Waals surface area contributed by atoms with Crippen molar-refractivity contribution in [2.75, 3.05) is 0 Å². The standard InChI is InChI=1S/C28H26O5S/c1-18(20-6-4-3-5-7-20)21-8-10-22(11-9-21)19(2)23-12-14-27(29)25(16-23)26-17-24(34(31,32)33)13-15-28(26)30/h3-19,29-30H,1-2H3,(H,31,32,33). The van der Waals surface area contributed by atoms with Gasteiger partial charge in [-0.05, 0) is 52.6 Å². The van der Waals surface area contributed by atoms with Gasteiger partial charge in [0.15, 0.2) is 0 Å². The zero-order valence-electron chi connectivity index (χ0n) is 18.9. The molecule has 6 heteroatoms. The Morgan fingerprint density at radius 1 is 0.588 bits per heavy atom. The van der Waals surface area contributed by atoms with Gasteiger partial charge in [-0.15, -0.1) is 0 Å². The summed E-state index contributed by atoms with van der Waals surface area (Å²) >= 11 is 0. The van der Waals surface area contributed by atoms with Gasteiger partial charge in [-0.3, -0.25) is 4.55 Å². The third-order valence-electron chi connectivity index (χ3n) is 6.31. The smallest absolute Gasteiger partial charge is 0.294 e. The molecule has 2 atom stereocenters. The van der Waals surface area contributed by atoms with Crippen LogP contribution in [0.3, 0.4) is 0 Å². The maximum Gasteiger partial charge on any atom is 0.294 e. The Kier molecular flexibility index (Phi) is 6.46. The van der Waals surface area contributed by atoms with Gasteiger partial charge >= 0.3 is 0 Å². The molecular formula is C28H26O5S. The van der Waals surface area contributed by atoms with Gasteiger partial charge in [0, 0.05) is 23.0 Å². The molecule has 0 radical (unpaired) electrons. The summed E-state index contributed by atoms with van der Waals surface area (Å²) in [4.78, 5) is -0.360. The molecule has 4 rings (SSSR count). The lowest BCUT2D eigenvalue weighted by Crippen LogP contribution is -2.00. The summed E-state index contributed by atoms with van der Waals surface area (Å²) < 4.78 is 32.5. The Hall–Kier alpha value is -3.61. The van der Waals surface area contributed by atoms with Crippen molar-refractivity contribution in [2.24, 2.45) is 0 Å². The molecule has 0 amide bonds. The summed E-state index contributed by atoms with van der Waals surface area (Å²) in [6, 6.07) is 27.2. The third kappa shape index (κ3) is 4.83. The Morgan fingerprint density at radius 2 is 1.03 bits per heavy atom. The maximum atomic E-state index is 11.6. The van der Waals surface area contributed by atoms with Crippen LogP contribution in [-0.4, -0.2) is 23.2 Å². The van der Waals surface area contributed by atoms with Crippen LogP contribution in [0.15, 0.2) is 95.9 Å². The molecule has 5 nitrogen and oxygen atoms in total. The molecule has 174 valence electrons. The van der Waals surface area contributed by atoms with E-state index < -0.39 is 10.1 Å². The van der Waals surface area contributed by atoms with E-state index in [9.17, 15) is 23.2 Å². The summed E-state index contributed by atoms with van der Waals surface area (Å²) in [6.07, 6.45) is 0. The lowest BCUT2D eigenvalue weighted by molar-refractivity contribution is 0.467. The predicted molar refractivity (Wildman–Crippen MR) is 133 cm³/mol. The Balaban J connectivity index is 1.66. The van der Waals surface area contributed by atoms with E-state index in [1.165, 1.54) is 23.3 Å². The van der Waals surface area contributed by atoms with Crippen LogP contribution in [0.4, 0.5) is 0 Å². The fraction of sp³-hybridized carbons (Fsp3) is 0.143.